The summed E-state index contributed by atoms with van der Waals surface area (Å²) in [5.74, 6) is 0.453. The van der Waals surface area contributed by atoms with Gasteiger partial charge in [-0.05, 0) is 26.2 Å². The number of nitrogens with zero attached hydrogens (tertiary/aromatic N) is 3. The second-order valence-corrected chi connectivity index (χ2v) is 5.20. The molecule has 18 heavy (non-hydrogen) atoms. The fourth-order valence-corrected chi connectivity index (χ4v) is 2.60. The lowest BCUT2D eigenvalue weighted by molar-refractivity contribution is 0.488. The number of aromatic nitrogens is 2. The zero-order chi connectivity index (χ0) is 13.3. The summed E-state index contributed by atoms with van der Waals surface area (Å²) in [7, 11) is 0. The Bertz CT molecular complexity index is 485. The van der Waals surface area contributed by atoms with Gasteiger partial charge in [0.1, 0.15) is 5.02 Å². The maximum Gasteiger partial charge on any atom is 0.287 e. The Morgan fingerprint density at radius 2 is 2.39 bits per heavy atom. The highest BCUT2D eigenvalue weighted by molar-refractivity contribution is 6.33. The van der Waals surface area contributed by atoms with Crippen LogP contribution >= 0.6 is 11.6 Å². The van der Waals surface area contributed by atoms with Gasteiger partial charge in [-0.2, -0.15) is 5.10 Å². The topological polar surface area (TPSA) is 64.2 Å². The highest BCUT2D eigenvalue weighted by atomic mass is 35.5. The smallest absolute Gasteiger partial charge is 0.287 e. The zero-order valence-corrected chi connectivity index (χ0v) is 11.5. The fourth-order valence-electron chi connectivity index (χ4n) is 2.34. The molecule has 2 atom stereocenters. The third-order valence-electron chi connectivity index (χ3n) is 3.57. The fraction of sp³-hybridized carbons (Fsp3) is 0.667. The van der Waals surface area contributed by atoms with E-state index in [2.05, 4.69) is 10.00 Å². The molecule has 1 aromatic rings. The monoisotopic (exact) mass is 270 g/mol. The normalized spacial score (nSPS) is 21.3. The summed E-state index contributed by atoms with van der Waals surface area (Å²) in [4.78, 5) is 14.0. The molecule has 0 spiro atoms. The van der Waals surface area contributed by atoms with Gasteiger partial charge in [0.05, 0.1) is 11.9 Å². The van der Waals surface area contributed by atoms with Crippen molar-refractivity contribution in [2.24, 2.45) is 11.7 Å². The summed E-state index contributed by atoms with van der Waals surface area (Å²) >= 11 is 6.14. The van der Waals surface area contributed by atoms with Crippen LogP contribution in [0.1, 0.15) is 20.3 Å². The second kappa shape index (κ2) is 5.28. The van der Waals surface area contributed by atoms with Crippen LogP contribution in [0.3, 0.4) is 0 Å². The van der Waals surface area contributed by atoms with Crippen LogP contribution in [0.15, 0.2) is 11.0 Å². The second-order valence-electron chi connectivity index (χ2n) is 4.82. The largest absolute Gasteiger partial charge is 0.369 e. The Morgan fingerprint density at radius 1 is 1.67 bits per heavy atom. The van der Waals surface area contributed by atoms with Crippen LogP contribution in [0.2, 0.25) is 5.02 Å². The van der Waals surface area contributed by atoms with Crippen molar-refractivity contribution in [2.75, 3.05) is 18.0 Å². The Labute approximate surface area is 112 Å². The van der Waals surface area contributed by atoms with Crippen LogP contribution in [-0.2, 0) is 6.54 Å². The number of rotatable bonds is 3. The molecule has 6 heteroatoms. The van der Waals surface area contributed by atoms with Gasteiger partial charge in [-0.3, -0.25) is 4.79 Å². The molecule has 1 aliphatic heterocycles. The molecule has 2 heterocycles. The maximum atomic E-state index is 11.9. The molecule has 2 N–H and O–H groups in total. The van der Waals surface area contributed by atoms with Gasteiger partial charge in [0.25, 0.3) is 5.56 Å². The van der Waals surface area contributed by atoms with E-state index in [4.69, 9.17) is 17.3 Å². The average Bonchev–Trinajstić information content (AvgIpc) is 2.82. The van der Waals surface area contributed by atoms with Gasteiger partial charge in [0, 0.05) is 25.7 Å². The van der Waals surface area contributed by atoms with Crippen molar-refractivity contribution in [1.29, 1.82) is 0 Å². The van der Waals surface area contributed by atoms with Crippen LogP contribution in [0.25, 0.3) is 0 Å². The highest BCUT2D eigenvalue weighted by Gasteiger charge is 2.27. The van der Waals surface area contributed by atoms with Crippen LogP contribution < -0.4 is 16.2 Å². The third kappa shape index (κ3) is 2.37. The van der Waals surface area contributed by atoms with E-state index in [1.807, 2.05) is 13.8 Å². The zero-order valence-electron chi connectivity index (χ0n) is 10.8. The first-order valence-electron chi connectivity index (χ1n) is 6.30. The predicted molar refractivity (Wildman–Crippen MR) is 73.2 cm³/mol. The number of aryl methyl sites for hydroxylation is 1. The highest BCUT2D eigenvalue weighted by Crippen LogP contribution is 2.28. The molecule has 2 unspecified atom stereocenters. The average molecular weight is 271 g/mol. The van der Waals surface area contributed by atoms with Crippen LogP contribution in [0, 0.1) is 5.92 Å². The number of hydrogen-bond acceptors (Lipinski definition) is 4. The molecular formula is C12H19ClN4O. The lowest BCUT2D eigenvalue weighted by Gasteiger charge is -2.20. The van der Waals surface area contributed by atoms with Gasteiger partial charge in [-0.1, -0.05) is 11.6 Å². The Hall–Kier alpha value is -1.07. The SMILES string of the molecule is CCn1ncc(N2CCC(C(C)N)C2)c(Cl)c1=O. The molecule has 2 rings (SSSR count). The molecule has 0 amide bonds. The molecule has 1 aliphatic rings. The standard InChI is InChI=1S/C12H19ClN4O/c1-3-17-12(18)11(13)10(6-15-17)16-5-4-9(7-16)8(2)14/h6,8-9H,3-5,7,14H2,1-2H3. The summed E-state index contributed by atoms with van der Waals surface area (Å²) in [5.41, 5.74) is 6.42. The quantitative estimate of drug-likeness (QED) is 0.893. The number of hydrogen-bond donors (Lipinski definition) is 1. The molecule has 5 nitrogen and oxygen atoms in total. The van der Waals surface area contributed by atoms with E-state index >= 15 is 0 Å². The van der Waals surface area contributed by atoms with Crippen molar-refractivity contribution in [3.05, 3.63) is 21.6 Å². The maximum absolute atomic E-state index is 11.9. The van der Waals surface area contributed by atoms with E-state index in [1.165, 1.54) is 4.68 Å². The van der Waals surface area contributed by atoms with Gasteiger partial charge < -0.3 is 10.6 Å². The molecule has 0 radical (unpaired) electrons. The molecule has 1 aromatic heterocycles. The van der Waals surface area contributed by atoms with Crippen LogP contribution in [0.4, 0.5) is 5.69 Å². The van der Waals surface area contributed by atoms with Gasteiger partial charge in [0.2, 0.25) is 0 Å². The van der Waals surface area contributed by atoms with Gasteiger partial charge in [0.15, 0.2) is 0 Å². The molecule has 1 fully saturated rings. The van der Waals surface area contributed by atoms with E-state index < -0.39 is 0 Å². The lowest BCUT2D eigenvalue weighted by atomic mass is 10.0. The van der Waals surface area contributed by atoms with Crippen molar-refractivity contribution in [2.45, 2.75) is 32.9 Å². The van der Waals surface area contributed by atoms with E-state index in [-0.39, 0.29) is 16.6 Å². The first kappa shape index (κ1) is 13.4. The number of nitrogens with two attached hydrogens (primary N) is 1. The minimum atomic E-state index is -0.221. The Morgan fingerprint density at radius 3 is 2.94 bits per heavy atom. The molecular weight excluding hydrogens is 252 g/mol. The summed E-state index contributed by atoms with van der Waals surface area (Å²) < 4.78 is 1.37. The Balaban J connectivity index is 2.26. The summed E-state index contributed by atoms with van der Waals surface area (Å²) in [6.07, 6.45) is 2.71. The van der Waals surface area contributed by atoms with Crippen LogP contribution in [-0.4, -0.2) is 28.9 Å². The summed E-state index contributed by atoms with van der Waals surface area (Å²) in [6, 6.07) is 0.165. The van der Waals surface area contributed by atoms with Crippen LogP contribution in [0.5, 0.6) is 0 Å². The molecule has 0 aliphatic carbocycles. The van der Waals surface area contributed by atoms with E-state index in [9.17, 15) is 4.79 Å². The lowest BCUT2D eigenvalue weighted by Crippen LogP contribution is -2.31. The minimum absolute atomic E-state index is 0.165. The molecule has 1 saturated heterocycles. The van der Waals surface area contributed by atoms with Crippen molar-refractivity contribution in [1.82, 2.24) is 9.78 Å². The Kier molecular flexibility index (Phi) is 3.92. The number of halogens is 1. The third-order valence-corrected chi connectivity index (χ3v) is 3.93. The van der Waals surface area contributed by atoms with Gasteiger partial charge in [-0.25, -0.2) is 4.68 Å². The molecule has 0 bridgehead atoms. The molecule has 0 saturated carbocycles. The van der Waals surface area contributed by atoms with Crippen molar-refractivity contribution >= 4 is 17.3 Å². The molecule has 0 aromatic carbocycles. The summed E-state index contributed by atoms with van der Waals surface area (Å²) in [5, 5.41) is 4.38. The predicted octanol–water partition coefficient (Wildman–Crippen LogP) is 1.09. The first-order chi connectivity index (χ1) is 8.54. The number of anilines is 1. The van der Waals surface area contributed by atoms with Crippen molar-refractivity contribution < 1.29 is 0 Å². The molecule has 100 valence electrons. The van der Waals surface area contributed by atoms with E-state index in [1.54, 1.807) is 6.20 Å². The minimum Gasteiger partial charge on any atom is -0.369 e. The summed E-state index contributed by atoms with van der Waals surface area (Å²) in [6.45, 7) is 6.13. The van der Waals surface area contributed by atoms with E-state index in [0.717, 1.165) is 25.2 Å². The van der Waals surface area contributed by atoms with Crippen molar-refractivity contribution in [3.63, 3.8) is 0 Å². The van der Waals surface area contributed by atoms with E-state index in [0.29, 0.717) is 12.5 Å². The van der Waals surface area contributed by atoms with Crippen molar-refractivity contribution in [3.8, 4) is 0 Å². The van der Waals surface area contributed by atoms with Gasteiger partial charge in [-0.15, -0.1) is 0 Å². The first-order valence-corrected chi connectivity index (χ1v) is 6.68. The van der Waals surface area contributed by atoms with Gasteiger partial charge >= 0.3 is 0 Å².